The quantitative estimate of drug-likeness (QED) is 0.841. The van der Waals surface area contributed by atoms with Gasteiger partial charge in [-0.3, -0.25) is 9.69 Å². The van der Waals surface area contributed by atoms with E-state index in [2.05, 4.69) is 21.1 Å². The van der Waals surface area contributed by atoms with E-state index >= 15 is 0 Å². The second-order valence-electron chi connectivity index (χ2n) is 7.23. The van der Waals surface area contributed by atoms with E-state index < -0.39 is 0 Å². The standard InChI is InChI=1S/C18H21ClN4O2/c1-12-20-17(25-21-12)15-8-23(13(2)24)11-18(15)9-22(10-18)7-14-5-3-4-6-16(14)19/h3-6,15H,7-11H2,1-2H3. The third kappa shape index (κ3) is 2.93. The Morgan fingerprint density at radius 2 is 2.12 bits per heavy atom. The van der Waals surface area contributed by atoms with Gasteiger partial charge in [-0.05, 0) is 18.6 Å². The molecule has 0 bridgehead atoms. The van der Waals surface area contributed by atoms with Gasteiger partial charge >= 0.3 is 0 Å². The Balaban J connectivity index is 1.52. The van der Waals surface area contributed by atoms with Crippen molar-refractivity contribution >= 4 is 17.5 Å². The summed E-state index contributed by atoms with van der Waals surface area (Å²) in [6.45, 7) is 7.45. The SMILES string of the molecule is CC(=O)N1CC(c2nc(C)no2)C2(CN(Cc3ccccc3Cl)C2)C1. The first-order chi connectivity index (χ1) is 12.0. The van der Waals surface area contributed by atoms with Gasteiger partial charge in [0.1, 0.15) is 0 Å². The van der Waals surface area contributed by atoms with Crippen molar-refractivity contribution in [3.63, 3.8) is 0 Å². The Kier molecular flexibility index (Phi) is 4.04. The number of aryl methyl sites for hydroxylation is 1. The molecular weight excluding hydrogens is 340 g/mol. The average Bonchev–Trinajstić information content (AvgIpc) is 3.13. The van der Waals surface area contributed by atoms with E-state index in [-0.39, 0.29) is 17.2 Å². The molecule has 0 aliphatic carbocycles. The Morgan fingerprint density at radius 3 is 2.76 bits per heavy atom. The fourth-order valence-electron chi connectivity index (χ4n) is 4.15. The van der Waals surface area contributed by atoms with Crippen molar-refractivity contribution in [1.29, 1.82) is 0 Å². The maximum atomic E-state index is 11.9. The van der Waals surface area contributed by atoms with Gasteiger partial charge in [0, 0.05) is 50.1 Å². The van der Waals surface area contributed by atoms with Gasteiger partial charge in [0.2, 0.25) is 11.8 Å². The van der Waals surface area contributed by atoms with Crippen LogP contribution < -0.4 is 0 Å². The van der Waals surface area contributed by atoms with Crippen LogP contribution in [0.2, 0.25) is 5.02 Å². The molecule has 1 atom stereocenters. The van der Waals surface area contributed by atoms with Gasteiger partial charge in [-0.25, -0.2) is 0 Å². The number of benzene rings is 1. The highest BCUT2D eigenvalue weighted by molar-refractivity contribution is 6.31. The van der Waals surface area contributed by atoms with Crippen LogP contribution >= 0.6 is 11.6 Å². The third-order valence-corrected chi connectivity index (χ3v) is 5.73. The lowest BCUT2D eigenvalue weighted by Gasteiger charge is -2.50. The van der Waals surface area contributed by atoms with Gasteiger partial charge in [-0.2, -0.15) is 4.98 Å². The molecule has 2 saturated heterocycles. The third-order valence-electron chi connectivity index (χ3n) is 5.36. The maximum Gasteiger partial charge on any atom is 0.232 e. The normalized spacial score (nSPS) is 22.4. The zero-order valence-electron chi connectivity index (χ0n) is 14.4. The predicted molar refractivity (Wildman–Crippen MR) is 93.2 cm³/mol. The van der Waals surface area contributed by atoms with E-state index in [4.69, 9.17) is 16.1 Å². The van der Waals surface area contributed by atoms with Crippen molar-refractivity contribution < 1.29 is 9.32 Å². The van der Waals surface area contributed by atoms with Gasteiger partial charge in [0.25, 0.3) is 0 Å². The van der Waals surface area contributed by atoms with Crippen LogP contribution in [0.25, 0.3) is 0 Å². The molecule has 0 radical (unpaired) electrons. The van der Waals surface area contributed by atoms with E-state index in [1.165, 1.54) is 0 Å². The molecule has 132 valence electrons. The lowest BCUT2D eigenvalue weighted by Crippen LogP contribution is -2.59. The molecule has 3 heterocycles. The molecule has 1 unspecified atom stereocenters. The Labute approximate surface area is 151 Å². The van der Waals surface area contributed by atoms with Gasteiger partial charge in [0.05, 0.1) is 5.92 Å². The van der Waals surface area contributed by atoms with E-state index in [0.29, 0.717) is 18.3 Å². The number of likely N-dealkylation sites (tertiary alicyclic amines) is 2. The first kappa shape index (κ1) is 16.5. The maximum absolute atomic E-state index is 11.9. The van der Waals surface area contributed by atoms with Crippen molar-refractivity contribution in [3.05, 3.63) is 46.6 Å². The molecule has 2 fully saturated rings. The molecule has 2 aliphatic heterocycles. The molecular formula is C18H21ClN4O2. The number of amides is 1. The zero-order valence-corrected chi connectivity index (χ0v) is 15.2. The molecule has 0 saturated carbocycles. The van der Waals surface area contributed by atoms with Gasteiger partial charge < -0.3 is 9.42 Å². The summed E-state index contributed by atoms with van der Waals surface area (Å²) >= 11 is 6.28. The Morgan fingerprint density at radius 1 is 1.36 bits per heavy atom. The summed E-state index contributed by atoms with van der Waals surface area (Å²) < 4.78 is 5.44. The second-order valence-corrected chi connectivity index (χ2v) is 7.64. The van der Waals surface area contributed by atoms with Crippen molar-refractivity contribution in [1.82, 2.24) is 19.9 Å². The highest BCUT2D eigenvalue weighted by Gasteiger charge is 2.56. The van der Waals surface area contributed by atoms with Crippen LogP contribution in [0.3, 0.4) is 0 Å². The summed E-state index contributed by atoms with van der Waals surface area (Å²) in [4.78, 5) is 20.6. The van der Waals surface area contributed by atoms with Crippen molar-refractivity contribution in [2.24, 2.45) is 5.41 Å². The van der Waals surface area contributed by atoms with Gasteiger partial charge in [-0.15, -0.1) is 0 Å². The van der Waals surface area contributed by atoms with E-state index in [9.17, 15) is 4.79 Å². The minimum atomic E-state index is -0.00804. The van der Waals surface area contributed by atoms with E-state index in [1.54, 1.807) is 6.92 Å². The lowest BCUT2D eigenvalue weighted by molar-refractivity contribution is -0.128. The molecule has 2 aromatic rings. The number of rotatable bonds is 3. The Bertz CT molecular complexity index is 800. The molecule has 7 heteroatoms. The number of nitrogens with zero attached hydrogens (tertiary/aromatic N) is 4. The largest absolute Gasteiger partial charge is 0.341 e. The molecule has 25 heavy (non-hydrogen) atoms. The molecule has 1 aromatic carbocycles. The summed E-state index contributed by atoms with van der Waals surface area (Å²) in [5.74, 6) is 1.49. The Hall–Kier alpha value is -1.92. The minimum absolute atomic E-state index is 0.00804. The zero-order chi connectivity index (χ0) is 17.6. The first-order valence-corrected chi connectivity index (χ1v) is 8.86. The summed E-state index contributed by atoms with van der Waals surface area (Å²) in [5, 5.41) is 4.73. The summed E-state index contributed by atoms with van der Waals surface area (Å²) in [6.07, 6.45) is 0. The average molecular weight is 361 g/mol. The number of aromatic nitrogens is 2. The van der Waals surface area contributed by atoms with Crippen LogP contribution in [-0.2, 0) is 11.3 Å². The molecule has 1 aromatic heterocycles. The van der Waals surface area contributed by atoms with Crippen molar-refractivity contribution in [2.45, 2.75) is 26.3 Å². The fraction of sp³-hybridized carbons (Fsp3) is 0.500. The minimum Gasteiger partial charge on any atom is -0.341 e. The number of halogens is 1. The smallest absolute Gasteiger partial charge is 0.232 e. The number of carbonyl (C=O) groups is 1. The summed E-state index contributed by atoms with van der Waals surface area (Å²) in [5.41, 5.74) is 1.12. The molecule has 6 nitrogen and oxygen atoms in total. The van der Waals surface area contributed by atoms with Crippen LogP contribution in [0, 0.1) is 12.3 Å². The first-order valence-electron chi connectivity index (χ1n) is 8.48. The topological polar surface area (TPSA) is 62.5 Å². The van der Waals surface area contributed by atoms with Gasteiger partial charge in [0.15, 0.2) is 5.82 Å². The molecule has 2 aliphatic rings. The van der Waals surface area contributed by atoms with E-state index in [1.807, 2.05) is 30.0 Å². The number of carbonyl (C=O) groups excluding carboxylic acids is 1. The van der Waals surface area contributed by atoms with Crippen LogP contribution in [-0.4, -0.2) is 52.0 Å². The van der Waals surface area contributed by atoms with Gasteiger partial charge in [-0.1, -0.05) is 35.0 Å². The summed E-state index contributed by atoms with van der Waals surface area (Å²) in [6, 6.07) is 7.93. The molecule has 1 amide bonds. The highest BCUT2D eigenvalue weighted by Crippen LogP contribution is 2.49. The molecule has 4 rings (SSSR count). The predicted octanol–water partition coefficient (Wildman–Crippen LogP) is 2.48. The van der Waals surface area contributed by atoms with Crippen LogP contribution in [0.1, 0.15) is 30.1 Å². The lowest BCUT2D eigenvalue weighted by atomic mass is 9.71. The highest BCUT2D eigenvalue weighted by atomic mass is 35.5. The number of hydrogen-bond donors (Lipinski definition) is 0. The van der Waals surface area contributed by atoms with Crippen LogP contribution in [0.5, 0.6) is 0 Å². The second kappa shape index (κ2) is 6.11. The van der Waals surface area contributed by atoms with Crippen LogP contribution in [0.4, 0.5) is 0 Å². The van der Waals surface area contributed by atoms with Crippen LogP contribution in [0.15, 0.2) is 28.8 Å². The molecule has 0 N–H and O–H groups in total. The monoisotopic (exact) mass is 360 g/mol. The molecule has 1 spiro atoms. The van der Waals surface area contributed by atoms with Crippen molar-refractivity contribution in [3.8, 4) is 0 Å². The van der Waals surface area contributed by atoms with Crippen molar-refractivity contribution in [2.75, 3.05) is 26.2 Å². The fourth-order valence-corrected chi connectivity index (χ4v) is 4.34. The summed E-state index contributed by atoms with van der Waals surface area (Å²) in [7, 11) is 0. The van der Waals surface area contributed by atoms with E-state index in [0.717, 1.165) is 36.8 Å². The number of hydrogen-bond acceptors (Lipinski definition) is 5.